The molecule has 0 aromatic carbocycles. The number of fused-ring (bicyclic) bond motifs is 1. The predicted octanol–water partition coefficient (Wildman–Crippen LogP) is 2.03. The van der Waals surface area contributed by atoms with E-state index in [1.165, 1.54) is 19.3 Å². The maximum atomic E-state index is 5.35. The normalized spacial score (nSPS) is 20.2. The predicted molar refractivity (Wildman–Crippen MR) is 71.1 cm³/mol. The average Bonchev–Trinajstić information content (AvgIpc) is 2.83. The van der Waals surface area contributed by atoms with Crippen LogP contribution in [0.1, 0.15) is 25.1 Å². The fourth-order valence-corrected chi connectivity index (χ4v) is 2.69. The van der Waals surface area contributed by atoms with Gasteiger partial charge in [-0.3, -0.25) is 0 Å². The van der Waals surface area contributed by atoms with Gasteiger partial charge in [0, 0.05) is 18.7 Å². The monoisotopic (exact) mass is 245 g/mol. The molecule has 0 spiro atoms. The SMILES string of the molecule is COc1cccn2c(CC3CCCCN3)ncc12. The molecular weight excluding hydrogens is 226 g/mol. The Morgan fingerprint density at radius 2 is 2.44 bits per heavy atom. The van der Waals surface area contributed by atoms with Crippen molar-refractivity contribution in [3.8, 4) is 5.75 Å². The summed E-state index contributed by atoms with van der Waals surface area (Å²) < 4.78 is 7.49. The van der Waals surface area contributed by atoms with Crippen LogP contribution >= 0.6 is 0 Å². The first-order valence-electron chi connectivity index (χ1n) is 6.61. The summed E-state index contributed by atoms with van der Waals surface area (Å²) in [5.74, 6) is 2.00. The van der Waals surface area contributed by atoms with Crippen LogP contribution in [0.5, 0.6) is 5.75 Å². The Morgan fingerprint density at radius 1 is 1.50 bits per heavy atom. The van der Waals surface area contributed by atoms with Crippen molar-refractivity contribution in [1.82, 2.24) is 14.7 Å². The van der Waals surface area contributed by atoms with Crippen molar-refractivity contribution in [2.24, 2.45) is 0 Å². The maximum absolute atomic E-state index is 5.35. The van der Waals surface area contributed by atoms with Gasteiger partial charge < -0.3 is 14.5 Å². The molecule has 0 saturated carbocycles. The number of imidazole rings is 1. The molecule has 2 aromatic rings. The second kappa shape index (κ2) is 4.98. The Labute approximate surface area is 107 Å². The highest BCUT2D eigenvalue weighted by molar-refractivity contribution is 5.59. The first-order valence-corrected chi connectivity index (χ1v) is 6.61. The average molecular weight is 245 g/mol. The van der Waals surface area contributed by atoms with Gasteiger partial charge in [0.25, 0.3) is 0 Å². The van der Waals surface area contributed by atoms with Crippen molar-refractivity contribution in [3.05, 3.63) is 30.4 Å². The van der Waals surface area contributed by atoms with Gasteiger partial charge >= 0.3 is 0 Å². The summed E-state index contributed by atoms with van der Waals surface area (Å²) in [6, 6.07) is 4.54. The zero-order valence-electron chi connectivity index (χ0n) is 10.7. The molecule has 1 N–H and O–H groups in total. The van der Waals surface area contributed by atoms with Gasteiger partial charge in [-0.2, -0.15) is 0 Å². The number of aromatic nitrogens is 2. The van der Waals surface area contributed by atoms with Crippen LogP contribution < -0.4 is 10.1 Å². The second-order valence-electron chi connectivity index (χ2n) is 4.86. The van der Waals surface area contributed by atoms with E-state index in [-0.39, 0.29) is 0 Å². The van der Waals surface area contributed by atoms with E-state index in [1.807, 2.05) is 18.3 Å². The topological polar surface area (TPSA) is 38.6 Å². The van der Waals surface area contributed by atoms with Crippen LogP contribution in [0.25, 0.3) is 5.52 Å². The van der Waals surface area contributed by atoms with Gasteiger partial charge in [-0.15, -0.1) is 0 Å². The lowest BCUT2D eigenvalue weighted by atomic mass is 10.0. The van der Waals surface area contributed by atoms with E-state index in [4.69, 9.17) is 4.74 Å². The number of rotatable bonds is 3. The number of nitrogens with one attached hydrogen (secondary N) is 1. The number of methoxy groups -OCH3 is 1. The Hall–Kier alpha value is -1.55. The number of pyridine rings is 1. The second-order valence-corrected chi connectivity index (χ2v) is 4.86. The molecule has 0 amide bonds. The summed E-state index contributed by atoms with van der Waals surface area (Å²) in [6.45, 7) is 1.14. The van der Waals surface area contributed by atoms with Crippen molar-refractivity contribution >= 4 is 5.52 Å². The lowest BCUT2D eigenvalue weighted by Gasteiger charge is -2.22. The Kier molecular flexibility index (Phi) is 3.19. The molecule has 4 heteroatoms. The molecule has 0 radical (unpaired) electrons. The number of hydrogen-bond donors (Lipinski definition) is 1. The molecule has 1 fully saturated rings. The minimum Gasteiger partial charge on any atom is -0.494 e. The molecular formula is C14H19N3O. The minimum atomic E-state index is 0.565. The summed E-state index contributed by atoms with van der Waals surface area (Å²) in [5, 5.41) is 3.57. The van der Waals surface area contributed by atoms with E-state index >= 15 is 0 Å². The van der Waals surface area contributed by atoms with E-state index < -0.39 is 0 Å². The van der Waals surface area contributed by atoms with Crippen LogP contribution in [0.4, 0.5) is 0 Å². The van der Waals surface area contributed by atoms with Crippen molar-refractivity contribution in [2.45, 2.75) is 31.7 Å². The van der Waals surface area contributed by atoms with Crippen LogP contribution in [-0.4, -0.2) is 29.1 Å². The number of hydrogen-bond acceptors (Lipinski definition) is 3. The lowest BCUT2D eigenvalue weighted by molar-refractivity contribution is 0.393. The molecule has 0 aliphatic carbocycles. The zero-order valence-corrected chi connectivity index (χ0v) is 10.7. The van der Waals surface area contributed by atoms with E-state index in [9.17, 15) is 0 Å². The standard InChI is InChI=1S/C14H19N3O/c1-18-13-6-4-8-17-12(13)10-16-14(17)9-11-5-2-3-7-15-11/h4,6,8,10-11,15H,2-3,5,7,9H2,1H3. The highest BCUT2D eigenvalue weighted by Gasteiger charge is 2.16. The van der Waals surface area contributed by atoms with E-state index in [0.29, 0.717) is 6.04 Å². The van der Waals surface area contributed by atoms with Gasteiger partial charge in [-0.1, -0.05) is 6.42 Å². The van der Waals surface area contributed by atoms with Crippen LogP contribution in [0.15, 0.2) is 24.5 Å². The van der Waals surface area contributed by atoms with Crippen LogP contribution in [0.2, 0.25) is 0 Å². The minimum absolute atomic E-state index is 0.565. The largest absolute Gasteiger partial charge is 0.494 e. The fourth-order valence-electron chi connectivity index (χ4n) is 2.69. The third-order valence-electron chi connectivity index (χ3n) is 3.67. The van der Waals surface area contributed by atoms with Gasteiger partial charge in [0.2, 0.25) is 0 Å². The Morgan fingerprint density at radius 3 is 3.22 bits per heavy atom. The lowest BCUT2D eigenvalue weighted by Crippen LogP contribution is -2.36. The molecule has 2 aromatic heterocycles. The van der Waals surface area contributed by atoms with Gasteiger partial charge in [0.15, 0.2) is 0 Å². The van der Waals surface area contributed by atoms with E-state index in [0.717, 1.165) is 30.1 Å². The highest BCUT2D eigenvalue weighted by Crippen LogP contribution is 2.21. The Bertz CT molecular complexity index is 529. The quantitative estimate of drug-likeness (QED) is 0.899. The van der Waals surface area contributed by atoms with Crippen LogP contribution in [0.3, 0.4) is 0 Å². The van der Waals surface area contributed by atoms with Crippen molar-refractivity contribution < 1.29 is 4.74 Å². The molecule has 3 rings (SSSR count). The van der Waals surface area contributed by atoms with Crippen molar-refractivity contribution in [1.29, 1.82) is 0 Å². The third-order valence-corrected chi connectivity index (χ3v) is 3.67. The molecule has 96 valence electrons. The van der Waals surface area contributed by atoms with Crippen molar-refractivity contribution in [2.75, 3.05) is 13.7 Å². The zero-order chi connectivity index (χ0) is 12.4. The first kappa shape index (κ1) is 11.5. The van der Waals surface area contributed by atoms with Crippen LogP contribution in [-0.2, 0) is 6.42 Å². The highest BCUT2D eigenvalue weighted by atomic mass is 16.5. The van der Waals surface area contributed by atoms with Gasteiger partial charge in [-0.25, -0.2) is 4.98 Å². The Balaban J connectivity index is 1.88. The smallest absolute Gasteiger partial charge is 0.144 e. The van der Waals surface area contributed by atoms with E-state index in [1.54, 1.807) is 7.11 Å². The fraction of sp³-hybridized carbons (Fsp3) is 0.500. The molecule has 0 bridgehead atoms. The summed E-state index contributed by atoms with van der Waals surface area (Å²) in [4.78, 5) is 4.54. The summed E-state index contributed by atoms with van der Waals surface area (Å²) in [5.41, 5.74) is 1.05. The molecule has 4 nitrogen and oxygen atoms in total. The molecule has 1 atom stereocenters. The van der Waals surface area contributed by atoms with Gasteiger partial charge in [0.1, 0.15) is 17.1 Å². The number of ether oxygens (including phenoxy) is 1. The number of nitrogens with zero attached hydrogens (tertiary/aromatic N) is 2. The molecule has 18 heavy (non-hydrogen) atoms. The van der Waals surface area contributed by atoms with Crippen LogP contribution in [0, 0.1) is 0 Å². The summed E-state index contributed by atoms with van der Waals surface area (Å²) in [7, 11) is 1.70. The molecule has 1 saturated heterocycles. The van der Waals surface area contributed by atoms with Gasteiger partial charge in [0.05, 0.1) is 13.3 Å². The van der Waals surface area contributed by atoms with E-state index in [2.05, 4.69) is 20.9 Å². The number of piperidine rings is 1. The molecule has 3 heterocycles. The first-order chi connectivity index (χ1) is 8.88. The summed E-state index contributed by atoms with van der Waals surface area (Å²) in [6.07, 6.45) is 8.82. The summed E-state index contributed by atoms with van der Waals surface area (Å²) >= 11 is 0. The maximum Gasteiger partial charge on any atom is 0.144 e. The molecule has 1 aliphatic rings. The van der Waals surface area contributed by atoms with Gasteiger partial charge in [-0.05, 0) is 31.5 Å². The van der Waals surface area contributed by atoms with Crippen molar-refractivity contribution in [3.63, 3.8) is 0 Å². The third kappa shape index (κ3) is 2.08. The molecule has 1 unspecified atom stereocenters. The molecule has 1 aliphatic heterocycles.